The first-order valence-electron chi connectivity index (χ1n) is 9.13. The third-order valence-electron chi connectivity index (χ3n) is 4.74. The van der Waals surface area contributed by atoms with Crippen molar-refractivity contribution in [2.24, 2.45) is 5.92 Å². The normalized spacial score (nSPS) is 15.9. The largest absolute Gasteiger partial charge is 0.497 e. The van der Waals surface area contributed by atoms with Crippen LogP contribution in [0.15, 0.2) is 48.5 Å². The predicted octanol–water partition coefficient (Wildman–Crippen LogP) is 2.80. The van der Waals surface area contributed by atoms with Crippen LogP contribution in [0, 0.1) is 5.92 Å². The molecule has 1 heterocycles. The maximum atomic E-state index is 12.8. The fourth-order valence-corrected chi connectivity index (χ4v) is 3.44. The second-order valence-corrected chi connectivity index (χ2v) is 7.24. The Morgan fingerprint density at radius 3 is 2.72 bits per heavy atom. The number of amides is 3. The number of rotatable bonds is 6. The Kier molecular flexibility index (Phi) is 6.39. The molecule has 0 aliphatic carbocycles. The second-order valence-electron chi connectivity index (χ2n) is 6.83. The molecule has 3 amide bonds. The number of carbonyl (C=O) groups excluding carboxylic acids is 3. The van der Waals surface area contributed by atoms with E-state index in [9.17, 15) is 14.4 Å². The molecule has 1 saturated heterocycles. The number of carbonyl (C=O) groups is 3. The highest BCUT2D eigenvalue weighted by molar-refractivity contribution is 6.33. The number of benzene rings is 2. The number of nitrogens with one attached hydrogen (secondary N) is 1. The van der Waals surface area contributed by atoms with E-state index in [-0.39, 0.29) is 37.2 Å². The van der Waals surface area contributed by atoms with Crippen molar-refractivity contribution in [1.82, 2.24) is 4.90 Å². The minimum Gasteiger partial charge on any atom is -0.497 e. The summed E-state index contributed by atoms with van der Waals surface area (Å²) in [4.78, 5) is 40.4. The lowest BCUT2D eigenvalue weighted by Crippen LogP contribution is -2.39. The van der Waals surface area contributed by atoms with Crippen molar-refractivity contribution < 1.29 is 19.1 Å². The molecule has 1 fully saturated rings. The van der Waals surface area contributed by atoms with Gasteiger partial charge in [0, 0.05) is 31.8 Å². The molecule has 8 heteroatoms. The molecule has 1 aliphatic rings. The quantitative estimate of drug-likeness (QED) is 0.786. The van der Waals surface area contributed by atoms with Gasteiger partial charge < -0.3 is 19.9 Å². The summed E-state index contributed by atoms with van der Waals surface area (Å²) >= 11 is 6.04. The van der Waals surface area contributed by atoms with Crippen molar-refractivity contribution in [2.75, 3.05) is 37.5 Å². The average molecular weight is 416 g/mol. The van der Waals surface area contributed by atoms with Crippen LogP contribution in [-0.4, -0.2) is 49.9 Å². The molecule has 0 bridgehead atoms. The summed E-state index contributed by atoms with van der Waals surface area (Å²) < 4.78 is 5.20. The minimum absolute atomic E-state index is 0.104. The third kappa shape index (κ3) is 4.86. The molecule has 29 heavy (non-hydrogen) atoms. The first-order chi connectivity index (χ1) is 13.9. The number of likely N-dealkylation sites (N-methyl/N-ethyl adjacent to an activating group) is 1. The van der Waals surface area contributed by atoms with Gasteiger partial charge in [0.05, 0.1) is 30.3 Å². The molecule has 2 aromatic rings. The Morgan fingerprint density at radius 1 is 1.24 bits per heavy atom. The predicted molar refractivity (Wildman–Crippen MR) is 111 cm³/mol. The molecule has 1 atom stereocenters. The SMILES string of the molecule is COc1cccc(N2CC(C(=O)N(C)CC(=O)Nc3ccccc3Cl)CC2=O)c1. The molecule has 0 spiro atoms. The summed E-state index contributed by atoms with van der Waals surface area (Å²) in [7, 11) is 3.10. The van der Waals surface area contributed by atoms with Gasteiger partial charge in [0.2, 0.25) is 17.7 Å². The lowest BCUT2D eigenvalue weighted by Gasteiger charge is -2.21. The Labute approximate surface area is 174 Å². The summed E-state index contributed by atoms with van der Waals surface area (Å²) in [5.41, 5.74) is 1.17. The standard InChI is InChI=1S/C21H22ClN3O4/c1-24(13-19(26)23-18-9-4-3-8-17(18)22)21(28)14-10-20(27)25(12-14)15-6-5-7-16(11-15)29-2/h3-9,11,14H,10,12-13H2,1-2H3,(H,23,26). The van der Waals surface area contributed by atoms with Gasteiger partial charge in [0.25, 0.3) is 0 Å². The molecule has 0 aromatic heterocycles. The van der Waals surface area contributed by atoms with E-state index in [0.29, 0.717) is 22.1 Å². The van der Waals surface area contributed by atoms with Crippen LogP contribution in [0.25, 0.3) is 0 Å². The monoisotopic (exact) mass is 415 g/mol. The van der Waals surface area contributed by atoms with Gasteiger partial charge in [0.15, 0.2) is 0 Å². The zero-order valence-corrected chi connectivity index (χ0v) is 17.0. The highest BCUT2D eigenvalue weighted by Gasteiger charge is 2.36. The summed E-state index contributed by atoms with van der Waals surface area (Å²) in [5.74, 6) is -0.614. The number of methoxy groups -OCH3 is 1. The van der Waals surface area contributed by atoms with E-state index in [1.54, 1.807) is 67.6 Å². The van der Waals surface area contributed by atoms with E-state index in [1.165, 1.54) is 4.90 Å². The molecule has 7 nitrogen and oxygen atoms in total. The van der Waals surface area contributed by atoms with Crippen molar-refractivity contribution in [3.63, 3.8) is 0 Å². The van der Waals surface area contributed by atoms with E-state index >= 15 is 0 Å². The van der Waals surface area contributed by atoms with Gasteiger partial charge in [0.1, 0.15) is 5.75 Å². The van der Waals surface area contributed by atoms with E-state index in [0.717, 1.165) is 0 Å². The third-order valence-corrected chi connectivity index (χ3v) is 5.07. The Hall–Kier alpha value is -3.06. The zero-order chi connectivity index (χ0) is 21.0. The van der Waals surface area contributed by atoms with Gasteiger partial charge in [-0.1, -0.05) is 29.8 Å². The Balaban J connectivity index is 1.60. The molecule has 1 unspecified atom stereocenters. The lowest BCUT2D eigenvalue weighted by molar-refractivity contribution is -0.137. The van der Waals surface area contributed by atoms with Gasteiger partial charge in [-0.05, 0) is 24.3 Å². The van der Waals surface area contributed by atoms with Crippen molar-refractivity contribution in [3.05, 3.63) is 53.6 Å². The summed E-state index contributed by atoms with van der Waals surface area (Å²) in [6, 6.07) is 14.0. The molecule has 1 aliphatic heterocycles. The van der Waals surface area contributed by atoms with E-state index < -0.39 is 5.92 Å². The summed E-state index contributed by atoms with van der Waals surface area (Å²) in [6.45, 7) is 0.134. The average Bonchev–Trinajstić information content (AvgIpc) is 3.10. The van der Waals surface area contributed by atoms with E-state index in [2.05, 4.69) is 5.32 Å². The molecule has 2 aromatic carbocycles. The number of para-hydroxylation sites is 1. The molecule has 3 rings (SSSR count). The number of hydrogen-bond donors (Lipinski definition) is 1. The molecular formula is C21H22ClN3O4. The summed E-state index contributed by atoms with van der Waals surface area (Å²) in [5, 5.41) is 3.11. The maximum Gasteiger partial charge on any atom is 0.244 e. The fourth-order valence-electron chi connectivity index (χ4n) is 3.26. The molecule has 152 valence electrons. The topological polar surface area (TPSA) is 79.0 Å². The zero-order valence-electron chi connectivity index (χ0n) is 16.2. The van der Waals surface area contributed by atoms with Gasteiger partial charge in [-0.15, -0.1) is 0 Å². The van der Waals surface area contributed by atoms with Gasteiger partial charge in [-0.3, -0.25) is 14.4 Å². The number of hydrogen-bond acceptors (Lipinski definition) is 4. The molecular weight excluding hydrogens is 394 g/mol. The first kappa shape index (κ1) is 20.7. The minimum atomic E-state index is -0.508. The van der Waals surface area contributed by atoms with Gasteiger partial charge in [-0.2, -0.15) is 0 Å². The highest BCUT2D eigenvalue weighted by atomic mass is 35.5. The van der Waals surface area contributed by atoms with Crippen molar-refractivity contribution in [2.45, 2.75) is 6.42 Å². The molecule has 0 radical (unpaired) electrons. The van der Waals surface area contributed by atoms with Gasteiger partial charge in [-0.25, -0.2) is 0 Å². The number of nitrogens with zero attached hydrogens (tertiary/aromatic N) is 2. The van der Waals surface area contributed by atoms with Gasteiger partial charge >= 0.3 is 0 Å². The van der Waals surface area contributed by atoms with Crippen LogP contribution in [0.4, 0.5) is 11.4 Å². The Morgan fingerprint density at radius 2 is 2.00 bits per heavy atom. The number of anilines is 2. The highest BCUT2D eigenvalue weighted by Crippen LogP contribution is 2.28. The van der Waals surface area contributed by atoms with Crippen LogP contribution >= 0.6 is 11.6 Å². The number of ether oxygens (including phenoxy) is 1. The molecule has 1 N–H and O–H groups in total. The van der Waals surface area contributed by atoms with Crippen molar-refractivity contribution in [3.8, 4) is 5.75 Å². The lowest BCUT2D eigenvalue weighted by atomic mass is 10.1. The van der Waals surface area contributed by atoms with E-state index in [1.807, 2.05) is 0 Å². The van der Waals surface area contributed by atoms with E-state index in [4.69, 9.17) is 16.3 Å². The summed E-state index contributed by atoms with van der Waals surface area (Å²) in [6.07, 6.45) is 0.104. The van der Waals surface area contributed by atoms with Crippen LogP contribution in [0.1, 0.15) is 6.42 Å². The van der Waals surface area contributed by atoms with Crippen LogP contribution in [0.5, 0.6) is 5.75 Å². The molecule has 0 saturated carbocycles. The van der Waals surface area contributed by atoms with Crippen LogP contribution in [0.2, 0.25) is 5.02 Å². The van der Waals surface area contributed by atoms with Crippen LogP contribution in [0.3, 0.4) is 0 Å². The van der Waals surface area contributed by atoms with Crippen molar-refractivity contribution >= 4 is 40.7 Å². The Bertz CT molecular complexity index is 934. The maximum absolute atomic E-state index is 12.8. The van der Waals surface area contributed by atoms with Crippen LogP contribution in [-0.2, 0) is 14.4 Å². The second kappa shape index (κ2) is 8.96. The first-order valence-corrected chi connectivity index (χ1v) is 9.50. The fraction of sp³-hybridized carbons (Fsp3) is 0.286. The smallest absolute Gasteiger partial charge is 0.244 e. The number of halogens is 1. The van der Waals surface area contributed by atoms with Crippen LogP contribution < -0.4 is 15.0 Å². The van der Waals surface area contributed by atoms with Crippen molar-refractivity contribution in [1.29, 1.82) is 0 Å².